The molecule has 0 atom stereocenters. The quantitative estimate of drug-likeness (QED) is 0.558. The van der Waals surface area contributed by atoms with E-state index in [4.69, 9.17) is 13.9 Å². The van der Waals surface area contributed by atoms with Crippen molar-refractivity contribution in [2.24, 2.45) is 0 Å². The first-order valence-electron chi connectivity index (χ1n) is 7.86. The summed E-state index contributed by atoms with van der Waals surface area (Å²) in [5.74, 6) is 1.23. The second-order valence-corrected chi connectivity index (χ2v) is 6.47. The van der Waals surface area contributed by atoms with Gasteiger partial charge < -0.3 is 13.9 Å². The van der Waals surface area contributed by atoms with Crippen LogP contribution in [0.5, 0.6) is 5.75 Å². The van der Waals surface area contributed by atoms with Crippen molar-refractivity contribution in [3.8, 4) is 5.75 Å². The molecule has 0 radical (unpaired) electrons. The van der Waals surface area contributed by atoms with Crippen LogP contribution in [-0.4, -0.2) is 12.6 Å². The van der Waals surface area contributed by atoms with Crippen LogP contribution in [0.4, 0.5) is 0 Å². The predicted molar refractivity (Wildman–Crippen MR) is 88.4 cm³/mol. The van der Waals surface area contributed by atoms with Crippen LogP contribution in [0, 0.1) is 0 Å². The van der Waals surface area contributed by atoms with E-state index in [0.717, 1.165) is 5.75 Å². The summed E-state index contributed by atoms with van der Waals surface area (Å²) < 4.78 is 15.9. The molecular formula is C19H24O4. The number of carbonyl (C=O) groups excluding carboxylic acids is 1. The summed E-state index contributed by atoms with van der Waals surface area (Å²) in [6.45, 7) is 7.21. The van der Waals surface area contributed by atoms with E-state index in [1.54, 1.807) is 18.4 Å². The minimum Gasteiger partial charge on any atom is -0.494 e. The Kier molecular flexibility index (Phi) is 5.85. The minimum atomic E-state index is -0.243. The van der Waals surface area contributed by atoms with Gasteiger partial charge in [-0.3, -0.25) is 4.79 Å². The van der Waals surface area contributed by atoms with Crippen molar-refractivity contribution in [2.45, 2.75) is 45.6 Å². The molecule has 23 heavy (non-hydrogen) atoms. The monoisotopic (exact) mass is 316 g/mol. The highest BCUT2D eigenvalue weighted by Crippen LogP contribution is 2.24. The van der Waals surface area contributed by atoms with Gasteiger partial charge in [0.1, 0.15) is 18.1 Å². The molecule has 0 aliphatic carbocycles. The largest absolute Gasteiger partial charge is 0.494 e. The van der Waals surface area contributed by atoms with Gasteiger partial charge in [0.25, 0.3) is 0 Å². The Bertz CT molecular complexity index is 591. The summed E-state index contributed by atoms with van der Waals surface area (Å²) in [7, 11) is 0. The molecule has 0 spiro atoms. The Labute approximate surface area is 137 Å². The van der Waals surface area contributed by atoms with Crippen LogP contribution in [0.2, 0.25) is 0 Å². The highest BCUT2D eigenvalue weighted by molar-refractivity contribution is 5.69. The van der Waals surface area contributed by atoms with Crippen LogP contribution in [0.25, 0.3) is 0 Å². The van der Waals surface area contributed by atoms with Crippen LogP contribution in [0.3, 0.4) is 0 Å². The number of rotatable bonds is 7. The summed E-state index contributed by atoms with van der Waals surface area (Å²) in [6.07, 6.45) is 2.51. The van der Waals surface area contributed by atoms with Gasteiger partial charge in [0, 0.05) is 6.42 Å². The number of carbonyl (C=O) groups is 1. The van der Waals surface area contributed by atoms with E-state index in [-0.39, 0.29) is 18.0 Å². The number of ether oxygens (including phenoxy) is 2. The first-order chi connectivity index (χ1) is 10.9. The molecule has 0 aliphatic heterocycles. The van der Waals surface area contributed by atoms with Crippen molar-refractivity contribution in [2.75, 3.05) is 6.61 Å². The van der Waals surface area contributed by atoms with Gasteiger partial charge >= 0.3 is 5.97 Å². The van der Waals surface area contributed by atoms with E-state index in [1.807, 2.05) is 12.1 Å². The predicted octanol–water partition coefficient (Wildman–Crippen LogP) is 4.48. The highest BCUT2D eigenvalue weighted by Gasteiger charge is 2.13. The average Bonchev–Trinajstić information content (AvgIpc) is 3.02. The van der Waals surface area contributed by atoms with Gasteiger partial charge in [-0.1, -0.05) is 32.9 Å². The molecule has 1 aromatic carbocycles. The van der Waals surface area contributed by atoms with Crippen molar-refractivity contribution in [1.82, 2.24) is 0 Å². The number of benzene rings is 1. The summed E-state index contributed by atoms with van der Waals surface area (Å²) in [4.78, 5) is 11.6. The molecule has 1 heterocycles. The summed E-state index contributed by atoms with van der Waals surface area (Å²) in [5, 5.41) is 0. The summed E-state index contributed by atoms with van der Waals surface area (Å²) in [5.41, 5.74) is 1.40. The van der Waals surface area contributed by atoms with Crippen molar-refractivity contribution < 1.29 is 18.7 Å². The number of hydrogen-bond acceptors (Lipinski definition) is 4. The zero-order chi connectivity index (χ0) is 16.7. The van der Waals surface area contributed by atoms with Crippen molar-refractivity contribution >= 4 is 5.97 Å². The van der Waals surface area contributed by atoms with Gasteiger partial charge in [0.15, 0.2) is 0 Å². The maximum Gasteiger partial charge on any atom is 0.306 e. The van der Waals surface area contributed by atoms with E-state index in [2.05, 4.69) is 32.9 Å². The SMILES string of the molecule is CC(C)(C)c1ccc(OCCCC(=O)OCc2ccco2)cc1. The van der Waals surface area contributed by atoms with Gasteiger partial charge in [-0.25, -0.2) is 0 Å². The Balaban J connectivity index is 1.64. The molecule has 4 heteroatoms. The third-order valence-electron chi connectivity index (χ3n) is 3.47. The van der Waals surface area contributed by atoms with E-state index < -0.39 is 0 Å². The fourth-order valence-corrected chi connectivity index (χ4v) is 2.08. The molecule has 2 rings (SSSR count). The van der Waals surface area contributed by atoms with Gasteiger partial charge in [0.05, 0.1) is 12.9 Å². The third-order valence-corrected chi connectivity index (χ3v) is 3.47. The average molecular weight is 316 g/mol. The fraction of sp³-hybridized carbons (Fsp3) is 0.421. The normalized spacial score (nSPS) is 11.3. The minimum absolute atomic E-state index is 0.135. The smallest absolute Gasteiger partial charge is 0.306 e. The summed E-state index contributed by atoms with van der Waals surface area (Å²) in [6, 6.07) is 11.6. The van der Waals surface area contributed by atoms with E-state index >= 15 is 0 Å². The number of hydrogen-bond donors (Lipinski definition) is 0. The first-order valence-corrected chi connectivity index (χ1v) is 7.86. The molecule has 0 fully saturated rings. The third kappa shape index (κ3) is 5.81. The molecule has 1 aromatic heterocycles. The van der Waals surface area contributed by atoms with E-state index in [9.17, 15) is 4.79 Å². The fourth-order valence-electron chi connectivity index (χ4n) is 2.08. The van der Waals surface area contributed by atoms with E-state index in [1.165, 1.54) is 5.56 Å². The molecule has 0 unspecified atom stereocenters. The number of esters is 1. The van der Waals surface area contributed by atoms with Crippen LogP contribution in [0.1, 0.15) is 44.9 Å². The maximum atomic E-state index is 11.6. The zero-order valence-corrected chi connectivity index (χ0v) is 14.0. The van der Waals surface area contributed by atoms with Crippen molar-refractivity contribution in [1.29, 1.82) is 0 Å². The van der Waals surface area contributed by atoms with Crippen LogP contribution in [-0.2, 0) is 21.6 Å². The van der Waals surface area contributed by atoms with Crippen LogP contribution >= 0.6 is 0 Å². The lowest BCUT2D eigenvalue weighted by atomic mass is 9.87. The van der Waals surface area contributed by atoms with Crippen LogP contribution < -0.4 is 4.74 Å². The lowest BCUT2D eigenvalue weighted by molar-refractivity contribution is -0.145. The molecular weight excluding hydrogens is 292 g/mol. The highest BCUT2D eigenvalue weighted by atomic mass is 16.5. The standard InChI is InChI=1S/C19H24O4/c1-19(2,3)15-8-10-16(11-9-15)21-13-5-7-18(20)23-14-17-6-4-12-22-17/h4,6,8-12H,5,7,13-14H2,1-3H3. The maximum absolute atomic E-state index is 11.6. The molecule has 124 valence electrons. The Morgan fingerprint density at radius 1 is 1.13 bits per heavy atom. The lowest BCUT2D eigenvalue weighted by Crippen LogP contribution is -2.10. The number of furan rings is 1. The molecule has 0 saturated carbocycles. The summed E-state index contributed by atoms with van der Waals surface area (Å²) >= 11 is 0. The topological polar surface area (TPSA) is 48.7 Å². The molecule has 0 saturated heterocycles. The Morgan fingerprint density at radius 2 is 1.87 bits per heavy atom. The second kappa shape index (κ2) is 7.86. The lowest BCUT2D eigenvalue weighted by Gasteiger charge is -2.19. The molecule has 0 aliphatic rings. The van der Waals surface area contributed by atoms with Gasteiger partial charge in [0.2, 0.25) is 0 Å². The van der Waals surface area contributed by atoms with Crippen molar-refractivity contribution in [3.63, 3.8) is 0 Å². The van der Waals surface area contributed by atoms with Crippen LogP contribution in [0.15, 0.2) is 47.1 Å². The molecule has 4 nitrogen and oxygen atoms in total. The zero-order valence-electron chi connectivity index (χ0n) is 14.0. The van der Waals surface area contributed by atoms with Crippen molar-refractivity contribution in [3.05, 3.63) is 54.0 Å². The Morgan fingerprint density at radius 3 is 2.48 bits per heavy atom. The Hall–Kier alpha value is -2.23. The molecule has 0 N–H and O–H groups in total. The van der Waals surface area contributed by atoms with Gasteiger partial charge in [-0.2, -0.15) is 0 Å². The second-order valence-electron chi connectivity index (χ2n) is 6.47. The van der Waals surface area contributed by atoms with E-state index in [0.29, 0.717) is 25.2 Å². The van der Waals surface area contributed by atoms with Gasteiger partial charge in [-0.15, -0.1) is 0 Å². The molecule has 2 aromatic rings. The molecule has 0 amide bonds. The molecule has 0 bridgehead atoms. The van der Waals surface area contributed by atoms with Gasteiger partial charge in [-0.05, 0) is 41.7 Å². The first kappa shape index (κ1) is 17.1.